The molecule has 400 valence electrons. The van der Waals surface area contributed by atoms with Crippen LogP contribution in [0.5, 0.6) is 11.5 Å². The van der Waals surface area contributed by atoms with Crippen LogP contribution in [0.25, 0.3) is 0 Å². The van der Waals surface area contributed by atoms with Crippen LogP contribution < -0.4 is 0 Å². The molecule has 0 aromatic heterocycles. The molecule has 2 fully saturated rings. The Bertz CT molecular complexity index is 2050. The molecule has 2 atom stereocenters. The molecule has 0 bridgehead atoms. The highest BCUT2D eigenvalue weighted by atomic mass is 16.7. The van der Waals surface area contributed by atoms with E-state index in [1.54, 1.807) is 24.0 Å². The van der Waals surface area contributed by atoms with Crippen molar-refractivity contribution >= 4 is 23.9 Å². The Hall–Kier alpha value is -4.16. The Balaban J connectivity index is 2.18. The van der Waals surface area contributed by atoms with Gasteiger partial charge in [0, 0.05) is 0 Å². The molecular formula is C59H94N2O10. The second kappa shape index (κ2) is 20.6. The highest BCUT2D eigenvalue weighted by Crippen LogP contribution is 2.50. The third-order valence-corrected chi connectivity index (χ3v) is 15.5. The summed E-state index contributed by atoms with van der Waals surface area (Å²) in [6.45, 7) is 44.1. The van der Waals surface area contributed by atoms with Crippen molar-refractivity contribution in [3.05, 3.63) is 57.6 Å². The number of phenolic OH excluding ortho intramolecular Hbond substituents is 2. The first-order chi connectivity index (χ1) is 32.1. The maximum absolute atomic E-state index is 16.5. The number of hydroxylamine groups is 4. The molecule has 0 radical (unpaired) electrons. The quantitative estimate of drug-likeness (QED) is 0.137. The van der Waals surface area contributed by atoms with E-state index < -0.39 is 61.2 Å². The molecule has 2 heterocycles. The van der Waals surface area contributed by atoms with Crippen LogP contribution in [0.15, 0.2) is 24.3 Å². The maximum Gasteiger partial charge on any atom is 0.343 e. The van der Waals surface area contributed by atoms with Gasteiger partial charge in [-0.3, -0.25) is 9.59 Å². The molecule has 71 heavy (non-hydrogen) atoms. The number of piperidine rings is 2. The van der Waals surface area contributed by atoms with Gasteiger partial charge in [-0.2, -0.15) is 0 Å². The molecule has 0 saturated carbocycles. The standard InChI is InChI=1S/C59H94N2O10/c1-23-68-45(62)33-39-25-27-55(15,16)60(57(39,19)20)70-49(66)59(35-37-29-41(51(3,4)5)47(64)42(30-37)52(6,7)8,36-38-31-43(53(9,10)11)48(65)44(32-38)54(12,13)14)50(67)71-61-56(17,18)28-26-40(58(61,21)22)34-46(63)69-24-2/h29-32,39-40,64-65H,23-28,33-36H2,1-22H3. The van der Waals surface area contributed by atoms with Crippen molar-refractivity contribution in [2.75, 3.05) is 13.2 Å². The van der Waals surface area contributed by atoms with E-state index in [4.69, 9.17) is 19.1 Å². The van der Waals surface area contributed by atoms with Gasteiger partial charge in [-0.25, -0.2) is 9.59 Å². The van der Waals surface area contributed by atoms with Crippen LogP contribution in [0.1, 0.15) is 224 Å². The minimum atomic E-state index is -2.14. The molecule has 12 heteroatoms. The molecule has 12 nitrogen and oxygen atoms in total. The fourth-order valence-corrected chi connectivity index (χ4v) is 11.2. The number of benzene rings is 2. The van der Waals surface area contributed by atoms with Crippen LogP contribution in [0.4, 0.5) is 0 Å². The Labute approximate surface area is 428 Å². The van der Waals surface area contributed by atoms with Crippen molar-refractivity contribution in [1.82, 2.24) is 10.1 Å². The van der Waals surface area contributed by atoms with Gasteiger partial charge in [0.15, 0.2) is 5.41 Å². The molecule has 4 rings (SSSR count). The summed E-state index contributed by atoms with van der Waals surface area (Å²) in [5.41, 5.74) is -3.76. The molecule has 0 aliphatic carbocycles. The van der Waals surface area contributed by atoms with Crippen LogP contribution in [0.3, 0.4) is 0 Å². The second-order valence-electron chi connectivity index (χ2n) is 27.3. The zero-order chi connectivity index (χ0) is 54.5. The summed E-state index contributed by atoms with van der Waals surface area (Å²) in [7, 11) is 0. The van der Waals surface area contributed by atoms with E-state index in [-0.39, 0.29) is 74.2 Å². The zero-order valence-corrected chi connectivity index (χ0v) is 48.1. The van der Waals surface area contributed by atoms with E-state index >= 15 is 9.59 Å². The molecule has 2 aromatic carbocycles. The van der Waals surface area contributed by atoms with Gasteiger partial charge < -0.3 is 29.4 Å². The second-order valence-corrected chi connectivity index (χ2v) is 27.3. The number of carbonyl (C=O) groups excluding carboxylic acids is 4. The number of ether oxygens (including phenoxy) is 2. The van der Waals surface area contributed by atoms with Crippen molar-refractivity contribution in [2.45, 2.75) is 248 Å². The summed E-state index contributed by atoms with van der Waals surface area (Å²) in [5.74, 6) is -2.59. The van der Waals surface area contributed by atoms with E-state index in [1.165, 1.54) is 0 Å². The number of carbonyl (C=O) groups is 4. The molecule has 0 spiro atoms. The molecular weight excluding hydrogens is 897 g/mol. The van der Waals surface area contributed by atoms with Crippen LogP contribution in [-0.4, -0.2) is 79.6 Å². The predicted molar refractivity (Wildman–Crippen MR) is 281 cm³/mol. The first-order valence-corrected chi connectivity index (χ1v) is 26.2. The fraction of sp³-hybridized carbons (Fsp3) is 0.729. The lowest BCUT2D eigenvalue weighted by Crippen LogP contribution is -2.66. The molecule has 2 aliphatic heterocycles. The van der Waals surface area contributed by atoms with E-state index in [1.807, 2.05) is 163 Å². The SMILES string of the molecule is CCOC(=O)CC1CCC(C)(C)N(OC(=O)C(Cc2cc(C(C)(C)C)c(O)c(C(C)(C)C)c2)(Cc2cc(C(C)(C)C)c(O)c(C(C)(C)C)c2)C(=O)ON2C(C)(C)CCC(CC(=O)OCC)C2(C)C)C1(C)C. The summed E-state index contributed by atoms with van der Waals surface area (Å²) in [4.78, 5) is 73.0. The minimum Gasteiger partial charge on any atom is -0.507 e. The van der Waals surface area contributed by atoms with Crippen molar-refractivity contribution in [3.63, 3.8) is 0 Å². The number of hydrogen-bond acceptors (Lipinski definition) is 12. The summed E-state index contributed by atoms with van der Waals surface area (Å²) in [5, 5.41) is 27.4. The summed E-state index contributed by atoms with van der Waals surface area (Å²) >= 11 is 0. The molecule has 2 N–H and O–H groups in total. The minimum absolute atomic E-state index is 0.113. The topological polar surface area (TPSA) is 152 Å². The number of aromatic hydroxyl groups is 2. The average Bonchev–Trinajstić information content (AvgIpc) is 3.19. The highest BCUT2D eigenvalue weighted by molar-refractivity contribution is 6.01. The Morgan fingerprint density at radius 1 is 0.521 bits per heavy atom. The highest BCUT2D eigenvalue weighted by Gasteiger charge is 2.58. The Morgan fingerprint density at radius 3 is 1.03 bits per heavy atom. The van der Waals surface area contributed by atoms with Gasteiger partial charge >= 0.3 is 23.9 Å². The van der Waals surface area contributed by atoms with Gasteiger partial charge in [0.1, 0.15) is 11.5 Å². The van der Waals surface area contributed by atoms with E-state index in [0.29, 0.717) is 59.1 Å². The van der Waals surface area contributed by atoms with Crippen molar-refractivity contribution < 1.29 is 48.5 Å². The van der Waals surface area contributed by atoms with Crippen molar-refractivity contribution in [3.8, 4) is 11.5 Å². The van der Waals surface area contributed by atoms with Crippen LogP contribution in [0.2, 0.25) is 0 Å². The van der Waals surface area contributed by atoms with Gasteiger partial charge in [-0.1, -0.05) is 107 Å². The van der Waals surface area contributed by atoms with Crippen molar-refractivity contribution in [1.29, 1.82) is 0 Å². The third kappa shape index (κ3) is 13.0. The number of rotatable bonds is 14. The van der Waals surface area contributed by atoms with Gasteiger partial charge in [-0.05, 0) is 175 Å². The summed E-state index contributed by atoms with van der Waals surface area (Å²) < 4.78 is 10.9. The summed E-state index contributed by atoms with van der Waals surface area (Å²) in [6.07, 6.45) is 2.32. The van der Waals surface area contributed by atoms with Crippen LogP contribution in [0, 0.1) is 17.3 Å². The molecule has 2 saturated heterocycles. The van der Waals surface area contributed by atoms with Crippen molar-refractivity contribution in [2.24, 2.45) is 17.3 Å². The molecule has 2 aromatic rings. The van der Waals surface area contributed by atoms with Gasteiger partial charge in [0.2, 0.25) is 0 Å². The number of hydrogen-bond donors (Lipinski definition) is 2. The lowest BCUT2D eigenvalue weighted by atomic mass is 9.71. The van der Waals surface area contributed by atoms with Crippen LogP contribution >= 0.6 is 0 Å². The number of phenols is 2. The Kier molecular flexibility index (Phi) is 17.3. The van der Waals surface area contributed by atoms with Gasteiger partial charge in [0.05, 0.1) is 48.2 Å². The molecule has 2 aliphatic rings. The van der Waals surface area contributed by atoms with Gasteiger partial charge in [-0.15, -0.1) is 10.1 Å². The average molecular weight is 991 g/mol. The van der Waals surface area contributed by atoms with Gasteiger partial charge in [0.25, 0.3) is 0 Å². The normalized spacial score (nSPS) is 20.8. The van der Waals surface area contributed by atoms with E-state index in [2.05, 4.69) is 0 Å². The lowest BCUT2D eigenvalue weighted by molar-refractivity contribution is -0.297. The lowest BCUT2D eigenvalue weighted by Gasteiger charge is -2.55. The zero-order valence-electron chi connectivity index (χ0n) is 48.1. The van der Waals surface area contributed by atoms with Crippen LogP contribution in [-0.2, 0) is 72.8 Å². The number of esters is 2. The molecule has 0 amide bonds. The number of nitrogens with zero attached hydrogens (tertiary/aromatic N) is 2. The third-order valence-electron chi connectivity index (χ3n) is 15.5. The monoisotopic (exact) mass is 991 g/mol. The maximum atomic E-state index is 16.5. The predicted octanol–water partition coefficient (Wildman–Crippen LogP) is 12.4. The largest absolute Gasteiger partial charge is 0.507 e. The first-order valence-electron chi connectivity index (χ1n) is 26.2. The summed E-state index contributed by atoms with van der Waals surface area (Å²) in [6, 6.07) is 7.58. The van der Waals surface area contributed by atoms with E-state index in [0.717, 1.165) is 0 Å². The first kappa shape index (κ1) is 59.4. The molecule has 2 unspecified atom stereocenters. The van der Waals surface area contributed by atoms with E-state index in [9.17, 15) is 19.8 Å². The fourth-order valence-electron chi connectivity index (χ4n) is 11.2. The smallest absolute Gasteiger partial charge is 0.343 e. The Morgan fingerprint density at radius 2 is 0.789 bits per heavy atom.